The van der Waals surface area contributed by atoms with E-state index in [1.54, 1.807) is 12.1 Å². The average molecular weight is 289 g/mol. The zero-order valence-electron chi connectivity index (χ0n) is 12.7. The highest BCUT2D eigenvalue weighted by Crippen LogP contribution is 2.21. The molecule has 4 heteroatoms. The molecule has 0 bridgehead atoms. The summed E-state index contributed by atoms with van der Waals surface area (Å²) in [5.41, 5.74) is 3.05. The summed E-state index contributed by atoms with van der Waals surface area (Å²) in [5.74, 6) is -0.218. The van der Waals surface area contributed by atoms with Crippen LogP contribution in [0.4, 0.5) is 4.39 Å². The predicted octanol–water partition coefficient (Wildman–Crippen LogP) is 4.28. The molecular formula is C17H24FN3. The van der Waals surface area contributed by atoms with Crippen molar-refractivity contribution in [2.45, 2.75) is 45.6 Å². The van der Waals surface area contributed by atoms with Crippen LogP contribution in [0.2, 0.25) is 0 Å². The minimum Gasteiger partial charge on any atom is -0.313 e. The Hall–Kier alpha value is -1.68. The van der Waals surface area contributed by atoms with Gasteiger partial charge in [-0.2, -0.15) is 5.10 Å². The molecule has 114 valence electrons. The molecule has 0 aliphatic carbocycles. The maximum Gasteiger partial charge on any atom is 0.123 e. The van der Waals surface area contributed by atoms with Crippen molar-refractivity contribution in [1.82, 2.24) is 15.5 Å². The fourth-order valence-electron chi connectivity index (χ4n) is 2.39. The molecule has 0 fully saturated rings. The third kappa shape index (κ3) is 4.97. The summed E-state index contributed by atoms with van der Waals surface area (Å²) in [7, 11) is 0. The summed E-state index contributed by atoms with van der Waals surface area (Å²) in [6.45, 7) is 4.04. The molecular weight excluding hydrogens is 265 g/mol. The highest BCUT2D eigenvalue weighted by molar-refractivity contribution is 5.62. The number of hydrogen-bond donors (Lipinski definition) is 2. The Labute approximate surface area is 126 Å². The van der Waals surface area contributed by atoms with Gasteiger partial charge < -0.3 is 5.32 Å². The highest BCUT2D eigenvalue weighted by atomic mass is 19.1. The van der Waals surface area contributed by atoms with Crippen LogP contribution in [0.3, 0.4) is 0 Å². The van der Waals surface area contributed by atoms with E-state index in [-0.39, 0.29) is 5.82 Å². The first-order valence-electron chi connectivity index (χ1n) is 7.80. The molecule has 2 rings (SSSR count). The van der Waals surface area contributed by atoms with Gasteiger partial charge in [0.25, 0.3) is 0 Å². The first kappa shape index (κ1) is 15.7. The lowest BCUT2D eigenvalue weighted by molar-refractivity contribution is 0.584. The second-order valence-corrected chi connectivity index (χ2v) is 5.37. The molecule has 0 spiro atoms. The number of halogens is 1. The lowest BCUT2D eigenvalue weighted by atomic mass is 10.1. The van der Waals surface area contributed by atoms with E-state index in [4.69, 9.17) is 0 Å². The van der Waals surface area contributed by atoms with Gasteiger partial charge in [0.05, 0.1) is 11.9 Å². The third-order valence-corrected chi connectivity index (χ3v) is 3.62. The summed E-state index contributed by atoms with van der Waals surface area (Å²) >= 11 is 0. The Morgan fingerprint density at radius 3 is 2.62 bits per heavy atom. The number of hydrogen-bond acceptors (Lipinski definition) is 2. The molecule has 0 atom stereocenters. The maximum absolute atomic E-state index is 13.0. The Morgan fingerprint density at radius 2 is 1.86 bits per heavy atom. The molecule has 2 N–H and O–H groups in total. The van der Waals surface area contributed by atoms with Crippen molar-refractivity contribution in [3.8, 4) is 11.3 Å². The molecule has 0 radical (unpaired) electrons. The van der Waals surface area contributed by atoms with E-state index in [2.05, 4.69) is 22.4 Å². The zero-order chi connectivity index (χ0) is 14.9. The molecule has 1 aromatic carbocycles. The van der Waals surface area contributed by atoms with Crippen LogP contribution < -0.4 is 5.32 Å². The lowest BCUT2D eigenvalue weighted by Crippen LogP contribution is -2.14. The van der Waals surface area contributed by atoms with E-state index in [9.17, 15) is 4.39 Å². The van der Waals surface area contributed by atoms with Crippen molar-refractivity contribution >= 4 is 0 Å². The van der Waals surface area contributed by atoms with Crippen LogP contribution in [0.25, 0.3) is 11.3 Å². The molecule has 0 unspecified atom stereocenters. The van der Waals surface area contributed by atoms with Crippen molar-refractivity contribution in [2.24, 2.45) is 0 Å². The van der Waals surface area contributed by atoms with Crippen LogP contribution in [-0.2, 0) is 6.54 Å². The third-order valence-electron chi connectivity index (χ3n) is 3.62. The summed E-state index contributed by atoms with van der Waals surface area (Å²) in [5, 5.41) is 10.6. The maximum atomic E-state index is 13.0. The standard InChI is InChI=1S/C17H24FN3/c1-2-3-4-5-6-11-19-12-15-13-20-21-17(15)14-7-9-16(18)10-8-14/h7-10,13,19H,2-6,11-12H2,1H3,(H,20,21). The Morgan fingerprint density at radius 1 is 1.10 bits per heavy atom. The molecule has 1 aromatic heterocycles. The van der Waals surface area contributed by atoms with Gasteiger partial charge in [-0.1, -0.05) is 32.6 Å². The quantitative estimate of drug-likeness (QED) is 0.677. The average Bonchev–Trinajstić information content (AvgIpc) is 2.95. The van der Waals surface area contributed by atoms with Crippen molar-refractivity contribution < 1.29 is 4.39 Å². The van der Waals surface area contributed by atoms with Crippen LogP contribution in [0, 0.1) is 5.82 Å². The minimum atomic E-state index is -0.218. The van der Waals surface area contributed by atoms with E-state index < -0.39 is 0 Å². The molecule has 0 amide bonds. The lowest BCUT2D eigenvalue weighted by Gasteiger charge is -2.06. The van der Waals surface area contributed by atoms with Crippen molar-refractivity contribution in [3.63, 3.8) is 0 Å². The molecule has 0 saturated heterocycles. The first-order chi connectivity index (χ1) is 10.3. The van der Waals surface area contributed by atoms with Gasteiger partial charge in [-0.05, 0) is 37.2 Å². The van der Waals surface area contributed by atoms with Crippen molar-refractivity contribution in [1.29, 1.82) is 0 Å². The van der Waals surface area contributed by atoms with Gasteiger partial charge in [-0.25, -0.2) is 4.39 Å². The number of nitrogens with zero attached hydrogens (tertiary/aromatic N) is 1. The Kier molecular flexibility index (Phi) is 6.41. The SMILES string of the molecule is CCCCCCCNCc1cn[nH]c1-c1ccc(F)cc1. The van der Waals surface area contributed by atoms with Crippen molar-refractivity contribution in [2.75, 3.05) is 6.54 Å². The summed E-state index contributed by atoms with van der Waals surface area (Å²) < 4.78 is 13.0. The van der Waals surface area contributed by atoms with Crippen molar-refractivity contribution in [3.05, 3.63) is 41.8 Å². The monoisotopic (exact) mass is 289 g/mol. The van der Waals surface area contributed by atoms with Gasteiger partial charge in [0.2, 0.25) is 0 Å². The zero-order valence-corrected chi connectivity index (χ0v) is 12.7. The molecule has 0 aliphatic rings. The molecule has 0 saturated carbocycles. The van der Waals surface area contributed by atoms with E-state index in [0.29, 0.717) is 0 Å². The van der Waals surface area contributed by atoms with Crippen LogP contribution >= 0.6 is 0 Å². The topological polar surface area (TPSA) is 40.7 Å². The predicted molar refractivity (Wildman–Crippen MR) is 84.4 cm³/mol. The van der Waals surface area contributed by atoms with Gasteiger partial charge in [0, 0.05) is 17.7 Å². The number of aromatic amines is 1. The Bertz CT molecular complexity index is 519. The van der Waals surface area contributed by atoms with Gasteiger partial charge in [-0.3, -0.25) is 5.10 Å². The van der Waals surface area contributed by atoms with E-state index >= 15 is 0 Å². The number of benzene rings is 1. The molecule has 1 heterocycles. The molecule has 3 nitrogen and oxygen atoms in total. The number of aromatic nitrogens is 2. The summed E-state index contributed by atoms with van der Waals surface area (Å²) in [6.07, 6.45) is 8.27. The number of rotatable bonds is 9. The number of unbranched alkanes of at least 4 members (excludes halogenated alkanes) is 4. The normalized spacial score (nSPS) is 11.0. The van der Waals surface area contributed by atoms with Crippen LogP contribution in [-0.4, -0.2) is 16.7 Å². The van der Waals surface area contributed by atoms with Gasteiger partial charge in [-0.15, -0.1) is 0 Å². The fraction of sp³-hybridized carbons (Fsp3) is 0.471. The van der Waals surface area contributed by atoms with Crippen LogP contribution in [0.15, 0.2) is 30.5 Å². The van der Waals surface area contributed by atoms with Crippen LogP contribution in [0.1, 0.15) is 44.6 Å². The number of H-pyrrole nitrogens is 1. The van der Waals surface area contributed by atoms with E-state index in [0.717, 1.165) is 29.9 Å². The van der Waals surface area contributed by atoms with E-state index in [1.807, 2.05) is 6.20 Å². The van der Waals surface area contributed by atoms with Gasteiger partial charge >= 0.3 is 0 Å². The highest BCUT2D eigenvalue weighted by Gasteiger charge is 2.07. The minimum absolute atomic E-state index is 0.218. The van der Waals surface area contributed by atoms with Crippen LogP contribution in [0.5, 0.6) is 0 Å². The number of nitrogens with one attached hydrogen (secondary N) is 2. The van der Waals surface area contributed by atoms with E-state index in [1.165, 1.54) is 44.2 Å². The second kappa shape index (κ2) is 8.57. The second-order valence-electron chi connectivity index (χ2n) is 5.37. The molecule has 0 aliphatic heterocycles. The largest absolute Gasteiger partial charge is 0.313 e. The molecule has 21 heavy (non-hydrogen) atoms. The van der Waals surface area contributed by atoms with Gasteiger partial charge in [0.15, 0.2) is 0 Å². The van der Waals surface area contributed by atoms with Gasteiger partial charge in [0.1, 0.15) is 5.82 Å². The smallest absolute Gasteiger partial charge is 0.123 e. The first-order valence-corrected chi connectivity index (χ1v) is 7.80. The summed E-state index contributed by atoms with van der Waals surface area (Å²) in [6, 6.07) is 6.50. The Balaban J connectivity index is 1.79. The fourth-order valence-corrected chi connectivity index (χ4v) is 2.39. The molecule has 2 aromatic rings. The summed E-state index contributed by atoms with van der Waals surface area (Å²) in [4.78, 5) is 0.